The Kier molecular flexibility index (Phi) is 3.90. The monoisotopic (exact) mass is 258 g/mol. The minimum atomic E-state index is 0.217. The fourth-order valence-electron chi connectivity index (χ4n) is 3.89. The Bertz CT molecular complexity index is 429. The number of likely N-dealkylation sites (tertiary alicyclic amines) is 1. The van der Waals surface area contributed by atoms with Crippen LogP contribution in [0.15, 0.2) is 24.3 Å². The summed E-state index contributed by atoms with van der Waals surface area (Å²) >= 11 is 0. The largest absolute Gasteiger partial charge is 0.323 e. The highest BCUT2D eigenvalue weighted by molar-refractivity contribution is 5.36. The molecule has 1 aromatic carbocycles. The standard InChI is InChI=1S/C17H26N2/c1-2-13-6-5-10-19(11-9-13)16-12-14-7-3-4-8-15(14)17(16)18/h3-4,7-8,13,16-17H,2,5-6,9-12,18H2,1H3. The van der Waals surface area contributed by atoms with E-state index in [0.717, 1.165) is 12.3 Å². The molecular formula is C17H26N2. The Balaban J connectivity index is 1.71. The highest BCUT2D eigenvalue weighted by atomic mass is 15.2. The van der Waals surface area contributed by atoms with Gasteiger partial charge in [-0.25, -0.2) is 0 Å². The lowest BCUT2D eigenvalue weighted by Crippen LogP contribution is -2.41. The Morgan fingerprint density at radius 3 is 2.84 bits per heavy atom. The van der Waals surface area contributed by atoms with Crippen molar-refractivity contribution >= 4 is 0 Å². The molecule has 1 fully saturated rings. The number of hydrogen-bond acceptors (Lipinski definition) is 2. The lowest BCUT2D eigenvalue weighted by atomic mass is 9.98. The fourth-order valence-corrected chi connectivity index (χ4v) is 3.89. The van der Waals surface area contributed by atoms with Gasteiger partial charge in [-0.05, 0) is 55.8 Å². The minimum absolute atomic E-state index is 0.217. The molecule has 2 N–H and O–H groups in total. The second kappa shape index (κ2) is 5.64. The third-order valence-corrected chi connectivity index (χ3v) is 5.19. The van der Waals surface area contributed by atoms with E-state index in [2.05, 4.69) is 36.1 Å². The summed E-state index contributed by atoms with van der Waals surface area (Å²) in [6, 6.07) is 9.48. The molecule has 0 aromatic heterocycles. The zero-order valence-corrected chi connectivity index (χ0v) is 12.0. The van der Waals surface area contributed by atoms with E-state index in [9.17, 15) is 0 Å². The van der Waals surface area contributed by atoms with Crippen LogP contribution in [0.5, 0.6) is 0 Å². The molecule has 0 saturated carbocycles. The van der Waals surface area contributed by atoms with Gasteiger partial charge >= 0.3 is 0 Å². The lowest BCUT2D eigenvalue weighted by molar-refractivity contribution is 0.184. The van der Waals surface area contributed by atoms with Gasteiger partial charge in [-0.15, -0.1) is 0 Å². The van der Waals surface area contributed by atoms with Gasteiger partial charge in [0.2, 0.25) is 0 Å². The molecule has 0 radical (unpaired) electrons. The van der Waals surface area contributed by atoms with E-state index in [1.54, 1.807) is 0 Å². The van der Waals surface area contributed by atoms with Gasteiger partial charge in [0.15, 0.2) is 0 Å². The Morgan fingerprint density at radius 2 is 2.05 bits per heavy atom. The predicted octanol–water partition coefficient (Wildman–Crippen LogP) is 3.12. The van der Waals surface area contributed by atoms with E-state index in [-0.39, 0.29) is 6.04 Å². The van der Waals surface area contributed by atoms with Gasteiger partial charge in [0.25, 0.3) is 0 Å². The van der Waals surface area contributed by atoms with E-state index in [1.807, 2.05) is 0 Å². The average Bonchev–Trinajstić information content (AvgIpc) is 2.64. The van der Waals surface area contributed by atoms with Crippen molar-refractivity contribution in [2.75, 3.05) is 13.1 Å². The minimum Gasteiger partial charge on any atom is -0.323 e. The summed E-state index contributed by atoms with van der Waals surface area (Å²) < 4.78 is 0. The van der Waals surface area contributed by atoms with Crippen LogP contribution >= 0.6 is 0 Å². The van der Waals surface area contributed by atoms with Crippen molar-refractivity contribution in [2.45, 2.75) is 51.1 Å². The molecule has 1 aliphatic heterocycles. The van der Waals surface area contributed by atoms with Crippen LogP contribution in [0.4, 0.5) is 0 Å². The molecule has 2 heteroatoms. The first-order valence-corrected chi connectivity index (χ1v) is 7.87. The Hall–Kier alpha value is -0.860. The van der Waals surface area contributed by atoms with Crippen LogP contribution in [0.3, 0.4) is 0 Å². The summed E-state index contributed by atoms with van der Waals surface area (Å²) in [6.45, 7) is 4.81. The molecule has 3 atom stereocenters. The average molecular weight is 258 g/mol. The van der Waals surface area contributed by atoms with Gasteiger partial charge in [0.1, 0.15) is 0 Å². The molecule has 0 amide bonds. The quantitative estimate of drug-likeness (QED) is 0.883. The molecule has 1 saturated heterocycles. The molecule has 0 bridgehead atoms. The third-order valence-electron chi connectivity index (χ3n) is 5.19. The predicted molar refractivity (Wildman–Crippen MR) is 80.1 cm³/mol. The van der Waals surface area contributed by atoms with Gasteiger partial charge in [0, 0.05) is 12.1 Å². The van der Waals surface area contributed by atoms with E-state index in [4.69, 9.17) is 5.73 Å². The Labute approximate surface area is 117 Å². The van der Waals surface area contributed by atoms with Gasteiger partial charge < -0.3 is 5.73 Å². The van der Waals surface area contributed by atoms with Crippen LogP contribution in [0.25, 0.3) is 0 Å². The van der Waals surface area contributed by atoms with Crippen LogP contribution in [-0.4, -0.2) is 24.0 Å². The smallest absolute Gasteiger partial charge is 0.0459 e. The second-order valence-corrected chi connectivity index (χ2v) is 6.24. The van der Waals surface area contributed by atoms with Crippen molar-refractivity contribution in [2.24, 2.45) is 11.7 Å². The molecular weight excluding hydrogens is 232 g/mol. The third kappa shape index (κ3) is 2.56. The maximum atomic E-state index is 6.50. The van der Waals surface area contributed by atoms with Crippen molar-refractivity contribution in [3.8, 4) is 0 Å². The molecule has 2 nitrogen and oxygen atoms in total. The summed E-state index contributed by atoms with van der Waals surface area (Å²) in [5.74, 6) is 0.935. The van der Waals surface area contributed by atoms with E-state index in [0.29, 0.717) is 6.04 Å². The molecule has 3 unspecified atom stereocenters. The summed E-state index contributed by atoms with van der Waals surface area (Å²) in [4.78, 5) is 2.67. The van der Waals surface area contributed by atoms with Gasteiger partial charge in [-0.1, -0.05) is 37.6 Å². The second-order valence-electron chi connectivity index (χ2n) is 6.24. The molecule has 0 spiro atoms. The van der Waals surface area contributed by atoms with Crippen molar-refractivity contribution in [1.82, 2.24) is 4.90 Å². The number of nitrogens with zero attached hydrogens (tertiary/aromatic N) is 1. The topological polar surface area (TPSA) is 29.3 Å². The summed E-state index contributed by atoms with van der Waals surface area (Å²) in [7, 11) is 0. The zero-order chi connectivity index (χ0) is 13.2. The molecule has 1 aliphatic carbocycles. The van der Waals surface area contributed by atoms with Crippen LogP contribution in [0.2, 0.25) is 0 Å². The van der Waals surface area contributed by atoms with Crippen molar-refractivity contribution in [3.63, 3.8) is 0 Å². The molecule has 1 aromatic rings. The fraction of sp³-hybridized carbons (Fsp3) is 0.647. The number of nitrogens with two attached hydrogens (primary N) is 1. The number of benzene rings is 1. The van der Waals surface area contributed by atoms with Gasteiger partial charge in [0.05, 0.1) is 0 Å². The first-order chi connectivity index (χ1) is 9.29. The van der Waals surface area contributed by atoms with Crippen LogP contribution in [0, 0.1) is 5.92 Å². The molecule has 2 aliphatic rings. The van der Waals surface area contributed by atoms with Crippen LogP contribution in [0.1, 0.15) is 49.8 Å². The maximum absolute atomic E-state index is 6.50. The molecule has 104 valence electrons. The van der Waals surface area contributed by atoms with E-state index in [1.165, 1.54) is 49.9 Å². The van der Waals surface area contributed by atoms with Crippen molar-refractivity contribution < 1.29 is 0 Å². The van der Waals surface area contributed by atoms with Gasteiger partial charge in [-0.3, -0.25) is 4.90 Å². The summed E-state index contributed by atoms with van der Waals surface area (Å²) in [5.41, 5.74) is 9.35. The number of rotatable bonds is 2. The molecule has 1 heterocycles. The normalized spacial score (nSPS) is 32.0. The molecule has 19 heavy (non-hydrogen) atoms. The van der Waals surface area contributed by atoms with Crippen LogP contribution < -0.4 is 5.73 Å². The number of hydrogen-bond donors (Lipinski definition) is 1. The van der Waals surface area contributed by atoms with Gasteiger partial charge in [-0.2, -0.15) is 0 Å². The van der Waals surface area contributed by atoms with Crippen LogP contribution in [-0.2, 0) is 6.42 Å². The highest BCUT2D eigenvalue weighted by Crippen LogP contribution is 2.34. The molecule has 3 rings (SSSR count). The zero-order valence-electron chi connectivity index (χ0n) is 12.0. The first-order valence-electron chi connectivity index (χ1n) is 7.87. The first kappa shape index (κ1) is 13.1. The summed E-state index contributed by atoms with van der Waals surface area (Å²) in [5, 5.41) is 0. The van der Waals surface area contributed by atoms with Crippen molar-refractivity contribution in [1.29, 1.82) is 0 Å². The Morgan fingerprint density at radius 1 is 1.21 bits per heavy atom. The summed E-state index contributed by atoms with van der Waals surface area (Å²) in [6.07, 6.45) is 6.59. The lowest BCUT2D eigenvalue weighted by Gasteiger charge is -2.30. The maximum Gasteiger partial charge on any atom is 0.0459 e. The van der Waals surface area contributed by atoms with Crippen molar-refractivity contribution in [3.05, 3.63) is 35.4 Å². The SMILES string of the molecule is CCC1CCCN(C2Cc3ccccc3C2N)CC1. The van der Waals surface area contributed by atoms with E-state index < -0.39 is 0 Å². The van der Waals surface area contributed by atoms with E-state index >= 15 is 0 Å². The highest BCUT2D eigenvalue weighted by Gasteiger charge is 2.34. The number of fused-ring (bicyclic) bond motifs is 1.